The average molecular weight is 500 g/mol. The second kappa shape index (κ2) is 9.50. The van der Waals surface area contributed by atoms with Crippen molar-refractivity contribution < 1.29 is 24.9 Å². The number of nitrogens with two attached hydrogens (primary N) is 1. The molecule has 0 saturated carbocycles. The lowest BCUT2D eigenvalue weighted by Crippen LogP contribution is -2.60. The van der Waals surface area contributed by atoms with Crippen molar-refractivity contribution in [2.24, 2.45) is 10.9 Å². The number of carbonyl (C=O) groups excluding carboxylic acids is 1. The van der Waals surface area contributed by atoms with E-state index < -0.39 is 34.8 Å². The van der Waals surface area contributed by atoms with Crippen LogP contribution in [-0.2, 0) is 16.0 Å². The highest BCUT2D eigenvalue weighted by molar-refractivity contribution is 8.00. The maximum atomic E-state index is 13.4. The van der Waals surface area contributed by atoms with Crippen molar-refractivity contribution in [1.82, 2.24) is 15.1 Å². The molecule has 2 aromatic carbocycles. The van der Waals surface area contributed by atoms with E-state index in [9.17, 15) is 24.9 Å². The first-order valence-corrected chi connectivity index (χ1v) is 12.1. The van der Waals surface area contributed by atoms with Crippen molar-refractivity contribution in [1.29, 1.82) is 0 Å². The van der Waals surface area contributed by atoms with Gasteiger partial charge in [-0.05, 0) is 38.8 Å². The molecule has 3 atom stereocenters. The van der Waals surface area contributed by atoms with Gasteiger partial charge in [-0.2, -0.15) is 5.12 Å². The summed E-state index contributed by atoms with van der Waals surface area (Å²) in [5, 5.41) is 37.9. The van der Waals surface area contributed by atoms with E-state index in [4.69, 9.17) is 5.84 Å². The van der Waals surface area contributed by atoms with Gasteiger partial charge in [0.1, 0.15) is 11.8 Å². The number of aliphatic hydroxyl groups is 1. The van der Waals surface area contributed by atoms with Crippen LogP contribution in [0.4, 0.5) is 0 Å². The lowest BCUT2D eigenvalue weighted by molar-refractivity contribution is -0.157. The van der Waals surface area contributed by atoms with Gasteiger partial charge in [0.25, 0.3) is 5.91 Å². The first-order chi connectivity index (χ1) is 16.5. The van der Waals surface area contributed by atoms with Gasteiger partial charge >= 0.3 is 5.97 Å². The Hall–Kier alpha value is -3.12. The first kappa shape index (κ1) is 25.0. The highest BCUT2D eigenvalue weighted by atomic mass is 32.2. The Bertz CT molecular complexity index is 1160. The van der Waals surface area contributed by atoms with Gasteiger partial charge < -0.3 is 20.2 Å². The summed E-state index contributed by atoms with van der Waals surface area (Å²) in [6.45, 7) is 5.28. The molecule has 2 aliphatic rings. The Morgan fingerprint density at radius 1 is 1.23 bits per heavy atom. The minimum absolute atomic E-state index is 0.116. The van der Waals surface area contributed by atoms with E-state index in [1.165, 1.54) is 26.9 Å². The van der Waals surface area contributed by atoms with Crippen molar-refractivity contribution in [3.05, 3.63) is 65.2 Å². The van der Waals surface area contributed by atoms with E-state index in [-0.39, 0.29) is 18.0 Å². The summed E-state index contributed by atoms with van der Waals surface area (Å²) in [5.41, 5.74) is 2.13. The van der Waals surface area contributed by atoms with Crippen LogP contribution in [0.5, 0.6) is 5.75 Å². The number of hydrazine groups is 2. The Morgan fingerprint density at radius 3 is 2.57 bits per heavy atom. The van der Waals surface area contributed by atoms with Gasteiger partial charge in [-0.15, -0.1) is 22.0 Å². The molecule has 1 fully saturated rings. The number of phenols is 1. The number of carboxylic acid groups (broad SMARTS) is 1. The first-order valence-electron chi connectivity index (χ1n) is 11.1. The van der Waals surface area contributed by atoms with Crippen molar-refractivity contribution in [3.63, 3.8) is 0 Å². The molecule has 2 heterocycles. The van der Waals surface area contributed by atoms with E-state index >= 15 is 0 Å². The molecule has 0 radical (unpaired) electrons. The number of rotatable bonds is 8. The molecule has 10 nitrogen and oxygen atoms in total. The van der Waals surface area contributed by atoms with E-state index in [1.54, 1.807) is 39.0 Å². The number of amidine groups is 1. The van der Waals surface area contributed by atoms with Gasteiger partial charge in [-0.1, -0.05) is 42.5 Å². The number of hydrogen-bond donors (Lipinski definition) is 4. The zero-order valence-corrected chi connectivity index (χ0v) is 20.5. The number of hydrazone groups is 1. The van der Waals surface area contributed by atoms with Crippen LogP contribution in [-0.4, -0.2) is 77.0 Å². The van der Waals surface area contributed by atoms with Gasteiger partial charge in [-0.25, -0.2) is 10.6 Å². The number of benzene rings is 2. The van der Waals surface area contributed by atoms with Gasteiger partial charge in [0.05, 0.1) is 11.9 Å². The van der Waals surface area contributed by atoms with Crippen LogP contribution in [0.25, 0.3) is 0 Å². The van der Waals surface area contributed by atoms with Gasteiger partial charge in [-0.3, -0.25) is 4.79 Å². The summed E-state index contributed by atoms with van der Waals surface area (Å²) < 4.78 is -0.707. The quantitative estimate of drug-likeness (QED) is 0.314. The number of nitrogens with zero attached hydrogens (tertiary/aromatic N) is 4. The molecule has 5 N–H and O–H groups in total. The summed E-state index contributed by atoms with van der Waals surface area (Å²) in [4.78, 5) is 26.6. The van der Waals surface area contributed by atoms with E-state index in [0.29, 0.717) is 17.0 Å². The van der Waals surface area contributed by atoms with Crippen molar-refractivity contribution in [2.75, 3.05) is 5.88 Å². The number of amides is 1. The van der Waals surface area contributed by atoms with Gasteiger partial charge in [0, 0.05) is 15.9 Å². The van der Waals surface area contributed by atoms with Crippen molar-refractivity contribution in [2.45, 2.75) is 50.1 Å². The molecule has 0 spiro atoms. The molecule has 11 heteroatoms. The third-order valence-electron chi connectivity index (χ3n) is 6.41. The number of aliphatic carboxylic acids is 1. The third kappa shape index (κ3) is 4.85. The molecule has 186 valence electrons. The number of hydrogen-bond acceptors (Lipinski definition) is 9. The topological polar surface area (TPSA) is 143 Å². The molecule has 4 rings (SSSR count). The average Bonchev–Trinajstić information content (AvgIpc) is 3.54. The van der Waals surface area contributed by atoms with Crippen molar-refractivity contribution in [3.8, 4) is 5.75 Å². The zero-order valence-electron chi connectivity index (χ0n) is 19.7. The van der Waals surface area contributed by atoms with Crippen molar-refractivity contribution >= 4 is 29.5 Å². The number of thioether (sulfide) groups is 1. The fraction of sp³-hybridized carbons (Fsp3) is 0.375. The molecule has 1 amide bonds. The normalized spacial score (nSPS) is 20.5. The molecule has 0 unspecified atom stereocenters. The number of aromatic hydroxyl groups is 1. The fourth-order valence-corrected chi connectivity index (χ4v) is 5.46. The summed E-state index contributed by atoms with van der Waals surface area (Å²) >= 11 is 1.34. The van der Waals surface area contributed by atoms with Crippen LogP contribution in [0.1, 0.15) is 30.5 Å². The lowest BCUT2D eigenvalue weighted by atomic mass is 9.98. The summed E-state index contributed by atoms with van der Waals surface area (Å²) in [7, 11) is 0. The molecular formula is C24H29N5O5S. The standard InChI is InChI=1S/C24H29N5O5S/c1-14-16(10-7-11-18(14)30)21-26-29(21)28(25)17(12-15-8-5-4-6-9-15)19(31)22(32)27-13-35-24(2,3)20(27)23(33)34/h4-11,17,19-20,30-31H,12-13,25H2,1-3H3,(H,33,34)/t17-,19-,20+,29?/m0/s1. The highest BCUT2D eigenvalue weighted by Gasteiger charge is 2.51. The van der Waals surface area contributed by atoms with Gasteiger partial charge in [0.2, 0.25) is 0 Å². The lowest BCUT2D eigenvalue weighted by Gasteiger charge is -2.34. The van der Waals surface area contributed by atoms with Crippen LogP contribution in [0.2, 0.25) is 0 Å². The second-order valence-corrected chi connectivity index (χ2v) is 10.8. The molecule has 0 aliphatic carbocycles. The van der Waals surface area contributed by atoms with Crippen LogP contribution in [0.3, 0.4) is 0 Å². The number of aliphatic hydroxyl groups excluding tert-OH is 1. The maximum Gasteiger partial charge on any atom is 0.327 e. The molecule has 2 aromatic rings. The predicted molar refractivity (Wildman–Crippen MR) is 132 cm³/mol. The fourth-order valence-electron chi connectivity index (χ4n) is 4.32. The predicted octanol–water partition coefficient (Wildman–Crippen LogP) is 1.51. The Morgan fingerprint density at radius 2 is 1.91 bits per heavy atom. The molecular weight excluding hydrogens is 470 g/mol. The Kier molecular flexibility index (Phi) is 6.78. The maximum absolute atomic E-state index is 13.4. The number of carbonyl (C=O) groups is 2. The molecule has 2 aliphatic heterocycles. The third-order valence-corrected chi connectivity index (χ3v) is 7.79. The van der Waals surface area contributed by atoms with Crippen LogP contribution >= 0.6 is 11.8 Å². The largest absolute Gasteiger partial charge is 0.508 e. The Labute approximate surface area is 207 Å². The SMILES string of the molecule is Cc1c(O)cccc1C1=NN1N(N)[C@@H](Cc1ccccc1)[C@H](O)C(=O)N1CSC(C)(C)[C@H]1C(=O)O. The molecule has 35 heavy (non-hydrogen) atoms. The van der Waals surface area contributed by atoms with Crippen LogP contribution in [0, 0.1) is 6.92 Å². The second-order valence-electron chi connectivity index (χ2n) is 9.17. The monoisotopic (exact) mass is 499 g/mol. The highest BCUT2D eigenvalue weighted by Crippen LogP contribution is 2.40. The van der Waals surface area contributed by atoms with Crippen LogP contribution in [0.15, 0.2) is 53.6 Å². The summed E-state index contributed by atoms with van der Waals surface area (Å²) in [6, 6.07) is 12.3. The molecule has 0 bridgehead atoms. The number of carboxylic acids is 1. The van der Waals surface area contributed by atoms with E-state index in [1.807, 2.05) is 30.3 Å². The minimum Gasteiger partial charge on any atom is -0.508 e. The smallest absolute Gasteiger partial charge is 0.327 e. The Balaban J connectivity index is 1.59. The summed E-state index contributed by atoms with van der Waals surface area (Å²) in [6.07, 6.45) is -1.40. The van der Waals surface area contributed by atoms with E-state index in [2.05, 4.69) is 5.10 Å². The number of phenolic OH excluding ortho intramolecular Hbond substituents is 1. The summed E-state index contributed by atoms with van der Waals surface area (Å²) in [5.74, 6) is 5.32. The molecule has 0 aromatic heterocycles. The van der Waals surface area contributed by atoms with E-state index in [0.717, 1.165) is 5.56 Å². The van der Waals surface area contributed by atoms with Gasteiger partial charge in [0.15, 0.2) is 11.9 Å². The zero-order chi connectivity index (χ0) is 25.5. The van der Waals surface area contributed by atoms with Crippen LogP contribution < -0.4 is 5.84 Å². The minimum atomic E-state index is -1.61. The molecule has 1 saturated heterocycles.